The Hall–Kier alpha value is -5.45. The monoisotopic (exact) mass is 757 g/mol. The van der Waals surface area contributed by atoms with Gasteiger partial charge in [0, 0.05) is 57.2 Å². The van der Waals surface area contributed by atoms with Gasteiger partial charge in [-0.2, -0.15) is 10.2 Å². The van der Waals surface area contributed by atoms with Gasteiger partial charge in [-0.15, -0.1) is 0 Å². The first kappa shape index (κ1) is 36.5. The van der Waals surface area contributed by atoms with Gasteiger partial charge in [-0.25, -0.2) is 23.1 Å². The van der Waals surface area contributed by atoms with Crippen molar-refractivity contribution in [3.63, 3.8) is 0 Å². The summed E-state index contributed by atoms with van der Waals surface area (Å²) >= 11 is 0. The molecule has 2 saturated heterocycles. The van der Waals surface area contributed by atoms with E-state index in [4.69, 9.17) is 0 Å². The molecule has 0 radical (unpaired) electrons. The minimum Gasteiger partial charge on any atom is -0.370 e. The van der Waals surface area contributed by atoms with Crippen LogP contribution in [-0.2, 0) is 16.6 Å². The van der Waals surface area contributed by atoms with Crippen LogP contribution in [0.5, 0.6) is 0 Å². The van der Waals surface area contributed by atoms with E-state index in [-0.39, 0.29) is 35.3 Å². The van der Waals surface area contributed by atoms with E-state index in [1.165, 1.54) is 27.7 Å². The summed E-state index contributed by atoms with van der Waals surface area (Å²) < 4.78 is 34.4. The number of carbonyl (C=O) groups excluding carboxylic acids is 3. The number of alkyl halides is 2. The number of anilines is 2. The normalized spacial score (nSPS) is 21.9. The predicted octanol–water partition coefficient (Wildman–Crippen LogP) is 4.47. The van der Waals surface area contributed by atoms with Crippen LogP contribution in [0.3, 0.4) is 0 Å². The van der Waals surface area contributed by atoms with Gasteiger partial charge in [0.1, 0.15) is 11.6 Å². The fraction of sp³-hybridized carbons (Fsp3) is 0.500. The minimum absolute atomic E-state index is 0.0119. The molecule has 2 aliphatic heterocycles. The lowest BCUT2D eigenvalue weighted by atomic mass is 9.81. The van der Waals surface area contributed by atoms with Crippen LogP contribution in [0.2, 0.25) is 0 Å². The number of imide groups is 1. The number of imidazole rings is 1. The molecular weight excluding hydrogens is 712 g/mol. The molecule has 1 saturated carbocycles. The van der Waals surface area contributed by atoms with Crippen LogP contribution in [-0.4, -0.2) is 88.4 Å². The van der Waals surface area contributed by atoms with Gasteiger partial charge in [-0.05, 0) is 83.0 Å². The van der Waals surface area contributed by atoms with Crippen molar-refractivity contribution in [2.45, 2.75) is 88.9 Å². The maximum Gasteiger partial charge on any atom is 0.329 e. The first-order valence-electron chi connectivity index (χ1n) is 19.0. The lowest BCUT2D eigenvalue weighted by molar-refractivity contribution is -0.135. The van der Waals surface area contributed by atoms with E-state index in [0.717, 1.165) is 62.8 Å². The quantitative estimate of drug-likeness (QED) is 0.207. The average molecular weight is 758 g/mol. The van der Waals surface area contributed by atoms with Crippen LogP contribution in [0.15, 0.2) is 53.8 Å². The highest BCUT2D eigenvalue weighted by atomic mass is 19.3. The van der Waals surface area contributed by atoms with Crippen molar-refractivity contribution < 1.29 is 23.2 Å². The molecule has 1 aliphatic carbocycles. The van der Waals surface area contributed by atoms with Gasteiger partial charge in [-0.1, -0.05) is 6.07 Å². The van der Waals surface area contributed by atoms with Gasteiger partial charge in [0.15, 0.2) is 11.3 Å². The minimum atomic E-state index is -2.85. The first-order valence-corrected chi connectivity index (χ1v) is 19.0. The average Bonchev–Trinajstić information content (AvgIpc) is 3.89. The lowest BCUT2D eigenvalue weighted by Crippen LogP contribution is -2.49. The second-order valence-electron chi connectivity index (χ2n) is 15.1. The fourth-order valence-corrected chi connectivity index (χ4v) is 8.96. The molecule has 6 heterocycles. The van der Waals surface area contributed by atoms with Crippen LogP contribution in [0.1, 0.15) is 92.9 Å². The highest BCUT2D eigenvalue weighted by Crippen LogP contribution is 2.38. The molecule has 3 fully saturated rings. The Bertz CT molecular complexity index is 2310. The van der Waals surface area contributed by atoms with Crippen LogP contribution in [0.25, 0.3) is 16.7 Å². The molecule has 8 rings (SSSR count). The molecule has 1 aromatic carbocycles. The summed E-state index contributed by atoms with van der Waals surface area (Å²) in [5, 5.41) is 13.4. The molecule has 15 nitrogen and oxygen atoms in total. The topological polar surface area (TPSA) is 157 Å². The number of hydrogen-bond donors (Lipinski definition) is 2. The molecule has 3 aliphatic rings. The number of aromatic nitrogens is 7. The van der Waals surface area contributed by atoms with E-state index in [1.54, 1.807) is 28.6 Å². The Balaban J connectivity index is 0.886. The maximum atomic E-state index is 14.1. The smallest absolute Gasteiger partial charge is 0.329 e. The first-order chi connectivity index (χ1) is 26.5. The summed E-state index contributed by atoms with van der Waals surface area (Å²) in [4.78, 5) is 60.0. The molecule has 2 atom stereocenters. The number of carbonyl (C=O) groups is 3. The number of rotatable bonds is 9. The molecular formula is C38H45F2N11O4. The van der Waals surface area contributed by atoms with Crippen LogP contribution in [0.4, 0.5) is 20.2 Å². The SMILES string of the molecule is C[C@@H](C1CCC(n2cc(NC(=O)c3cnn4cccnc34)c(C(F)F)n2)CC1)N(C)C1CCN(c2cccc3c2n(C)c(=O)n3C2CCC(=O)NC2=O)CC1. The van der Waals surface area contributed by atoms with Crippen molar-refractivity contribution in [3.05, 3.63) is 70.8 Å². The summed E-state index contributed by atoms with van der Waals surface area (Å²) in [6, 6.07) is 7.40. The standard InChI is InChI=1S/C38H45F2N11O4/c1-22(23-8-10-25(11-9-23)50-21-27(32(45-50)34(39)40)43-36(53)26-20-42-49-17-5-16-41-35(26)49)46(2)24-14-18-48(19-15-24)28-6-4-7-29-33(28)47(3)38(55)51(29)30-12-13-31(52)44-37(30)54/h4-7,16-17,20-25,30,34H,8-15,18-19H2,1-3H3,(H,43,53)(H,44,52,54)/t22-,23?,25?,30?/m0/s1. The third-order valence-electron chi connectivity index (χ3n) is 12.2. The zero-order valence-electron chi connectivity index (χ0n) is 31.1. The van der Waals surface area contributed by atoms with E-state index < -0.39 is 30.0 Å². The van der Waals surface area contributed by atoms with E-state index in [9.17, 15) is 28.0 Å². The Morgan fingerprint density at radius 2 is 1.80 bits per heavy atom. The number of nitrogens with zero attached hydrogens (tertiary/aromatic N) is 9. The Kier molecular flexibility index (Phi) is 9.73. The van der Waals surface area contributed by atoms with E-state index in [0.29, 0.717) is 35.6 Å². The second kappa shape index (κ2) is 14.7. The summed E-state index contributed by atoms with van der Waals surface area (Å²) in [5.74, 6) is -0.906. The van der Waals surface area contributed by atoms with Crippen molar-refractivity contribution in [3.8, 4) is 0 Å². The van der Waals surface area contributed by atoms with Crippen LogP contribution >= 0.6 is 0 Å². The summed E-state index contributed by atoms with van der Waals surface area (Å²) in [5.41, 5.74) is 2.20. The molecule has 4 aromatic heterocycles. The number of para-hydroxylation sites is 1. The zero-order valence-corrected chi connectivity index (χ0v) is 31.1. The van der Waals surface area contributed by atoms with Gasteiger partial charge in [0.2, 0.25) is 11.8 Å². The number of aryl methyl sites for hydroxylation is 1. The maximum absolute atomic E-state index is 14.1. The number of hydrogen-bond acceptors (Lipinski definition) is 9. The number of benzene rings is 1. The van der Waals surface area contributed by atoms with Crippen molar-refractivity contribution in [2.24, 2.45) is 13.0 Å². The van der Waals surface area contributed by atoms with E-state index >= 15 is 0 Å². The van der Waals surface area contributed by atoms with Gasteiger partial charge < -0.3 is 15.1 Å². The van der Waals surface area contributed by atoms with Crippen molar-refractivity contribution in [1.29, 1.82) is 0 Å². The van der Waals surface area contributed by atoms with Crippen molar-refractivity contribution in [2.75, 3.05) is 30.4 Å². The summed E-state index contributed by atoms with van der Waals surface area (Å²) in [7, 11) is 3.93. The lowest BCUT2D eigenvalue weighted by Gasteiger charge is -2.43. The Labute approximate surface area is 315 Å². The van der Waals surface area contributed by atoms with Gasteiger partial charge in [0.25, 0.3) is 12.3 Å². The molecule has 290 valence electrons. The number of fused-ring (bicyclic) bond motifs is 2. The molecule has 3 amide bonds. The number of halogens is 2. The fourth-order valence-electron chi connectivity index (χ4n) is 8.96. The molecule has 17 heteroatoms. The third-order valence-corrected chi connectivity index (χ3v) is 12.2. The number of amides is 3. The zero-order chi connectivity index (χ0) is 38.5. The number of nitrogens with one attached hydrogen (secondary N) is 2. The molecule has 1 unspecified atom stereocenters. The van der Waals surface area contributed by atoms with Crippen LogP contribution in [0, 0.1) is 5.92 Å². The molecule has 5 aromatic rings. The van der Waals surface area contributed by atoms with Crippen molar-refractivity contribution >= 4 is 45.8 Å². The highest BCUT2D eigenvalue weighted by Gasteiger charge is 2.35. The molecule has 55 heavy (non-hydrogen) atoms. The van der Waals surface area contributed by atoms with Gasteiger partial charge in [-0.3, -0.25) is 33.5 Å². The van der Waals surface area contributed by atoms with E-state index in [1.807, 2.05) is 18.2 Å². The molecule has 2 N–H and O–H groups in total. The second-order valence-corrected chi connectivity index (χ2v) is 15.1. The Morgan fingerprint density at radius 1 is 1.04 bits per heavy atom. The predicted molar refractivity (Wildman–Crippen MR) is 200 cm³/mol. The van der Waals surface area contributed by atoms with Crippen molar-refractivity contribution in [1.82, 2.24) is 43.7 Å². The van der Waals surface area contributed by atoms with Gasteiger partial charge >= 0.3 is 5.69 Å². The largest absolute Gasteiger partial charge is 0.370 e. The Morgan fingerprint density at radius 3 is 2.53 bits per heavy atom. The van der Waals surface area contributed by atoms with Gasteiger partial charge in [0.05, 0.1) is 34.6 Å². The number of piperidine rings is 2. The summed E-state index contributed by atoms with van der Waals surface area (Å²) in [6.07, 6.45) is 9.03. The molecule has 0 bridgehead atoms. The molecule has 0 spiro atoms. The highest BCUT2D eigenvalue weighted by molar-refractivity contribution is 6.08. The summed E-state index contributed by atoms with van der Waals surface area (Å²) in [6.45, 7) is 3.89. The van der Waals surface area contributed by atoms with E-state index in [2.05, 4.69) is 49.6 Å². The third kappa shape index (κ3) is 6.67. The van der Waals surface area contributed by atoms with Crippen LogP contribution < -0.4 is 21.2 Å².